The molecule has 0 spiro atoms. The number of benzene rings is 2. The number of aromatic hydroxyl groups is 1. The van der Waals surface area contributed by atoms with Crippen LogP contribution in [0.15, 0.2) is 51.7 Å². The molecule has 0 aliphatic carbocycles. The van der Waals surface area contributed by atoms with Crippen LogP contribution < -0.4 is 5.43 Å². The fourth-order valence-corrected chi connectivity index (χ4v) is 2.12. The maximum absolute atomic E-state index is 13.3. The van der Waals surface area contributed by atoms with E-state index < -0.39 is 17.0 Å². The summed E-state index contributed by atoms with van der Waals surface area (Å²) in [5.74, 6) is -0.992. The Balaban J connectivity index is 2.37. The van der Waals surface area contributed by atoms with Gasteiger partial charge in [-0.15, -0.1) is 0 Å². The van der Waals surface area contributed by atoms with Crippen LogP contribution in [0.3, 0.4) is 0 Å². The Morgan fingerprint density at radius 3 is 2.70 bits per heavy atom. The molecule has 0 unspecified atom stereocenters. The highest BCUT2D eigenvalue weighted by Crippen LogP contribution is 2.30. The zero-order valence-electron chi connectivity index (χ0n) is 10.7. The van der Waals surface area contributed by atoms with Crippen molar-refractivity contribution < 1.29 is 13.9 Å². The van der Waals surface area contributed by atoms with E-state index in [0.29, 0.717) is 16.5 Å². The summed E-state index contributed by atoms with van der Waals surface area (Å²) >= 11 is 0. The molecule has 1 N–H and O–H groups in total. The SMILES string of the molecule is Cc1ccc2c(=O)c(O)c(-c3cccc(F)c3)oc2c1. The number of rotatable bonds is 1. The van der Waals surface area contributed by atoms with Crippen molar-refractivity contribution in [3.05, 3.63) is 64.1 Å². The maximum atomic E-state index is 13.3. The molecule has 20 heavy (non-hydrogen) atoms. The molecule has 0 bridgehead atoms. The second-order valence-electron chi connectivity index (χ2n) is 4.62. The van der Waals surface area contributed by atoms with E-state index in [1.54, 1.807) is 24.3 Å². The normalized spacial score (nSPS) is 10.9. The third-order valence-electron chi connectivity index (χ3n) is 3.11. The molecular formula is C16H11FO3. The van der Waals surface area contributed by atoms with Gasteiger partial charge in [0, 0.05) is 5.56 Å². The standard InChI is InChI=1S/C16H11FO3/c1-9-5-6-12-13(7-9)20-16(15(19)14(12)18)10-3-2-4-11(17)8-10/h2-8,19H,1H3. The summed E-state index contributed by atoms with van der Waals surface area (Å²) in [4.78, 5) is 12.1. The van der Waals surface area contributed by atoms with Crippen LogP contribution >= 0.6 is 0 Å². The minimum absolute atomic E-state index is 0.0207. The lowest BCUT2D eigenvalue weighted by molar-refractivity contribution is 0.449. The number of aryl methyl sites for hydroxylation is 1. The highest BCUT2D eigenvalue weighted by Gasteiger charge is 2.15. The third kappa shape index (κ3) is 1.95. The average molecular weight is 270 g/mol. The molecule has 0 aliphatic heterocycles. The third-order valence-corrected chi connectivity index (χ3v) is 3.11. The van der Waals surface area contributed by atoms with E-state index in [1.807, 2.05) is 6.92 Å². The van der Waals surface area contributed by atoms with Gasteiger partial charge in [0.15, 0.2) is 5.76 Å². The Morgan fingerprint density at radius 2 is 1.95 bits per heavy atom. The molecule has 0 amide bonds. The predicted octanol–water partition coefficient (Wildman–Crippen LogP) is 3.61. The van der Waals surface area contributed by atoms with Gasteiger partial charge in [-0.2, -0.15) is 0 Å². The Hall–Kier alpha value is -2.62. The second-order valence-corrected chi connectivity index (χ2v) is 4.62. The van der Waals surface area contributed by atoms with Crippen LogP contribution in [0.2, 0.25) is 0 Å². The van der Waals surface area contributed by atoms with E-state index in [4.69, 9.17) is 4.42 Å². The van der Waals surface area contributed by atoms with Crippen molar-refractivity contribution in [3.63, 3.8) is 0 Å². The fourth-order valence-electron chi connectivity index (χ4n) is 2.12. The molecule has 0 saturated carbocycles. The van der Waals surface area contributed by atoms with E-state index >= 15 is 0 Å². The molecule has 0 aliphatic rings. The summed E-state index contributed by atoms with van der Waals surface area (Å²) < 4.78 is 18.8. The van der Waals surface area contributed by atoms with E-state index in [1.165, 1.54) is 18.2 Å². The number of hydrogen-bond acceptors (Lipinski definition) is 3. The minimum Gasteiger partial charge on any atom is -0.502 e. The van der Waals surface area contributed by atoms with E-state index in [2.05, 4.69) is 0 Å². The quantitative estimate of drug-likeness (QED) is 0.734. The Kier molecular flexibility index (Phi) is 2.79. The molecule has 3 nitrogen and oxygen atoms in total. The molecule has 1 heterocycles. The van der Waals surface area contributed by atoms with Crippen molar-refractivity contribution in [3.8, 4) is 17.1 Å². The number of hydrogen-bond donors (Lipinski definition) is 1. The van der Waals surface area contributed by atoms with Gasteiger partial charge in [0.2, 0.25) is 11.2 Å². The topological polar surface area (TPSA) is 50.4 Å². The number of fused-ring (bicyclic) bond motifs is 1. The van der Waals surface area contributed by atoms with Crippen molar-refractivity contribution in [1.82, 2.24) is 0 Å². The van der Waals surface area contributed by atoms with Gasteiger partial charge in [0.05, 0.1) is 5.39 Å². The molecule has 1 aromatic heterocycles. The van der Waals surface area contributed by atoms with Gasteiger partial charge in [-0.05, 0) is 36.8 Å². The Bertz CT molecular complexity index is 865. The van der Waals surface area contributed by atoms with Crippen molar-refractivity contribution in [1.29, 1.82) is 0 Å². The Labute approximate surface area is 113 Å². The van der Waals surface area contributed by atoms with Gasteiger partial charge in [0.25, 0.3) is 0 Å². The monoisotopic (exact) mass is 270 g/mol. The molecular weight excluding hydrogens is 259 g/mol. The van der Waals surface area contributed by atoms with E-state index in [-0.39, 0.29) is 5.76 Å². The van der Waals surface area contributed by atoms with Crippen LogP contribution in [0.1, 0.15) is 5.56 Å². The highest BCUT2D eigenvalue weighted by atomic mass is 19.1. The van der Waals surface area contributed by atoms with Gasteiger partial charge in [0.1, 0.15) is 11.4 Å². The zero-order chi connectivity index (χ0) is 14.3. The van der Waals surface area contributed by atoms with Crippen LogP contribution in [-0.2, 0) is 0 Å². The lowest BCUT2D eigenvalue weighted by Gasteiger charge is -2.06. The van der Waals surface area contributed by atoms with Crippen LogP contribution in [0.5, 0.6) is 5.75 Å². The molecule has 0 radical (unpaired) electrons. The molecule has 3 rings (SSSR count). The average Bonchev–Trinajstić information content (AvgIpc) is 2.42. The van der Waals surface area contributed by atoms with E-state index in [0.717, 1.165) is 5.56 Å². The summed E-state index contributed by atoms with van der Waals surface area (Å²) in [6, 6.07) is 10.6. The molecule has 100 valence electrons. The molecule has 4 heteroatoms. The molecule has 0 fully saturated rings. The largest absolute Gasteiger partial charge is 0.502 e. The summed E-state index contributed by atoms with van der Waals surface area (Å²) in [5, 5.41) is 10.3. The maximum Gasteiger partial charge on any atom is 0.235 e. The Morgan fingerprint density at radius 1 is 1.15 bits per heavy atom. The molecule has 3 aromatic rings. The van der Waals surface area contributed by atoms with Crippen LogP contribution in [-0.4, -0.2) is 5.11 Å². The lowest BCUT2D eigenvalue weighted by atomic mass is 10.1. The van der Waals surface area contributed by atoms with Crippen LogP contribution in [0.4, 0.5) is 4.39 Å². The van der Waals surface area contributed by atoms with Crippen molar-refractivity contribution in [2.24, 2.45) is 0 Å². The van der Waals surface area contributed by atoms with Gasteiger partial charge in [-0.25, -0.2) is 4.39 Å². The van der Waals surface area contributed by atoms with Gasteiger partial charge in [-0.1, -0.05) is 18.2 Å². The fraction of sp³-hybridized carbons (Fsp3) is 0.0625. The first-order valence-corrected chi connectivity index (χ1v) is 6.08. The zero-order valence-corrected chi connectivity index (χ0v) is 10.7. The van der Waals surface area contributed by atoms with Gasteiger partial charge in [-0.3, -0.25) is 4.79 Å². The predicted molar refractivity (Wildman–Crippen MR) is 74.3 cm³/mol. The number of halogens is 1. The van der Waals surface area contributed by atoms with Crippen molar-refractivity contribution in [2.75, 3.05) is 0 Å². The minimum atomic E-state index is -0.523. The van der Waals surface area contributed by atoms with Crippen LogP contribution in [0, 0.1) is 12.7 Å². The summed E-state index contributed by atoms with van der Waals surface area (Å²) in [6.45, 7) is 1.87. The smallest absolute Gasteiger partial charge is 0.235 e. The van der Waals surface area contributed by atoms with Crippen molar-refractivity contribution >= 4 is 11.0 Å². The summed E-state index contributed by atoms with van der Waals surface area (Å²) in [7, 11) is 0. The molecule has 2 aromatic carbocycles. The molecule has 0 atom stereocenters. The summed E-state index contributed by atoms with van der Waals surface area (Å²) in [6.07, 6.45) is 0. The van der Waals surface area contributed by atoms with Crippen molar-refractivity contribution in [2.45, 2.75) is 6.92 Å². The highest BCUT2D eigenvalue weighted by molar-refractivity contribution is 5.82. The summed E-state index contributed by atoms with van der Waals surface area (Å²) in [5.41, 5.74) is 1.09. The first kappa shape index (κ1) is 12.4. The van der Waals surface area contributed by atoms with E-state index in [9.17, 15) is 14.3 Å². The van der Waals surface area contributed by atoms with Crippen LogP contribution in [0.25, 0.3) is 22.3 Å². The second kappa shape index (κ2) is 4.49. The first-order valence-electron chi connectivity index (χ1n) is 6.08. The van der Waals surface area contributed by atoms with Gasteiger partial charge < -0.3 is 9.52 Å². The molecule has 0 saturated heterocycles. The first-order chi connectivity index (χ1) is 9.56. The van der Waals surface area contributed by atoms with Gasteiger partial charge >= 0.3 is 0 Å². The lowest BCUT2D eigenvalue weighted by Crippen LogP contribution is -2.02.